The first-order valence-corrected chi connectivity index (χ1v) is 4.30. The van der Waals surface area contributed by atoms with Crippen LogP contribution in [0.5, 0.6) is 0 Å². The molecule has 0 heterocycles. The van der Waals surface area contributed by atoms with Gasteiger partial charge in [-0.2, -0.15) is 10.5 Å². The molecule has 0 aliphatic carbocycles. The Morgan fingerprint density at radius 3 is 2.27 bits per heavy atom. The lowest BCUT2D eigenvalue weighted by atomic mass is 10.0. The predicted molar refractivity (Wildman–Crippen MR) is 53.4 cm³/mol. The van der Waals surface area contributed by atoms with Gasteiger partial charge in [-0.3, -0.25) is 4.79 Å². The number of rotatable bonds is 3. The number of hydrogen-bond acceptors (Lipinski definition) is 3. The van der Waals surface area contributed by atoms with Crippen LogP contribution in [0.3, 0.4) is 0 Å². The van der Waals surface area contributed by atoms with Gasteiger partial charge in [-0.25, -0.2) is 0 Å². The molecule has 0 fully saturated rings. The molecule has 0 atom stereocenters. The third kappa shape index (κ3) is 2.32. The van der Waals surface area contributed by atoms with Gasteiger partial charge in [0.1, 0.15) is 0 Å². The van der Waals surface area contributed by atoms with Gasteiger partial charge in [0.05, 0.1) is 23.3 Å². The maximum absolute atomic E-state index is 10.5. The van der Waals surface area contributed by atoms with Crippen molar-refractivity contribution in [3.63, 3.8) is 0 Å². The molecule has 0 aromatic heterocycles. The lowest BCUT2D eigenvalue weighted by Gasteiger charge is -2.12. The van der Waals surface area contributed by atoms with E-state index in [4.69, 9.17) is 10.5 Å². The highest BCUT2D eigenvalue weighted by Gasteiger charge is 2.09. The van der Waals surface area contributed by atoms with Crippen LogP contribution in [0.2, 0.25) is 0 Å². The van der Waals surface area contributed by atoms with Gasteiger partial charge in [0.15, 0.2) is 0 Å². The lowest BCUT2D eigenvalue weighted by Crippen LogP contribution is -2.16. The number of carbonyl (C=O) groups excluding carboxylic acids is 1. The maximum atomic E-state index is 10.5. The predicted octanol–water partition coefficient (Wildman–Crippen LogP) is 1.02. The quantitative estimate of drug-likeness (QED) is 0.682. The monoisotopic (exact) mass is 199 g/mol. The van der Waals surface area contributed by atoms with E-state index >= 15 is 0 Å². The fourth-order valence-corrected chi connectivity index (χ4v) is 1.25. The molecule has 0 aliphatic heterocycles. The molecule has 0 unspecified atom stereocenters. The van der Waals surface area contributed by atoms with Crippen LogP contribution >= 0.6 is 0 Å². The van der Waals surface area contributed by atoms with Crippen molar-refractivity contribution in [2.24, 2.45) is 0 Å². The van der Waals surface area contributed by atoms with Gasteiger partial charge in [-0.15, -0.1) is 0 Å². The lowest BCUT2D eigenvalue weighted by molar-refractivity contribution is -0.117. The number of nitrogens with zero attached hydrogens (tertiary/aromatic N) is 3. The van der Waals surface area contributed by atoms with Gasteiger partial charge >= 0.3 is 0 Å². The Hall–Kier alpha value is -2.33. The van der Waals surface area contributed by atoms with Crippen molar-refractivity contribution in [3.05, 3.63) is 34.9 Å². The Labute approximate surface area is 88.0 Å². The molecule has 0 N–H and O–H groups in total. The minimum absolute atomic E-state index is 0.274. The number of benzene rings is 1. The van der Waals surface area contributed by atoms with E-state index in [1.165, 1.54) is 4.90 Å². The Kier molecular flexibility index (Phi) is 3.43. The number of nitriles is 2. The van der Waals surface area contributed by atoms with E-state index < -0.39 is 0 Å². The summed E-state index contributed by atoms with van der Waals surface area (Å²) in [4.78, 5) is 11.9. The summed E-state index contributed by atoms with van der Waals surface area (Å²) in [6.07, 6.45) is 0.662. The number of hydrogen-bond donors (Lipinski definition) is 0. The summed E-state index contributed by atoms with van der Waals surface area (Å²) in [5.41, 5.74) is 1.46. The number of amides is 1. The van der Waals surface area contributed by atoms with Gasteiger partial charge in [0.25, 0.3) is 0 Å². The smallest absolute Gasteiger partial charge is 0.209 e. The van der Waals surface area contributed by atoms with Crippen LogP contribution in [0.1, 0.15) is 16.7 Å². The van der Waals surface area contributed by atoms with Crippen LogP contribution in [0.25, 0.3) is 0 Å². The Bertz CT molecular complexity index is 422. The summed E-state index contributed by atoms with van der Waals surface area (Å²) >= 11 is 0. The molecule has 4 nitrogen and oxygen atoms in total. The van der Waals surface area contributed by atoms with E-state index in [0.717, 1.165) is 0 Å². The molecular weight excluding hydrogens is 190 g/mol. The summed E-state index contributed by atoms with van der Waals surface area (Å²) in [6.45, 7) is 0.274. The molecule has 0 spiro atoms. The van der Waals surface area contributed by atoms with Gasteiger partial charge in [-0.1, -0.05) is 6.07 Å². The molecule has 1 rings (SSSR count). The molecule has 1 aromatic carbocycles. The molecule has 4 heteroatoms. The largest absolute Gasteiger partial charge is 0.344 e. The van der Waals surface area contributed by atoms with Crippen molar-refractivity contribution in [1.29, 1.82) is 10.5 Å². The molecule has 1 amide bonds. The molecule has 1 aromatic rings. The summed E-state index contributed by atoms with van der Waals surface area (Å²) in [7, 11) is 1.60. The average molecular weight is 199 g/mol. The average Bonchev–Trinajstić information content (AvgIpc) is 2.29. The second kappa shape index (κ2) is 4.78. The second-order valence-corrected chi connectivity index (χ2v) is 3.08. The SMILES string of the molecule is CN(C=O)Cc1c(C#N)cccc1C#N. The van der Waals surface area contributed by atoms with Crippen LogP contribution in [0.15, 0.2) is 18.2 Å². The molecule has 0 bridgehead atoms. The van der Waals surface area contributed by atoms with E-state index in [9.17, 15) is 4.79 Å². The van der Waals surface area contributed by atoms with E-state index in [0.29, 0.717) is 23.1 Å². The van der Waals surface area contributed by atoms with Gasteiger partial charge in [0, 0.05) is 19.2 Å². The number of carbonyl (C=O) groups is 1. The van der Waals surface area contributed by atoms with E-state index in [1.807, 2.05) is 12.1 Å². The van der Waals surface area contributed by atoms with Crippen molar-refractivity contribution < 1.29 is 4.79 Å². The topological polar surface area (TPSA) is 67.9 Å². The van der Waals surface area contributed by atoms with Gasteiger partial charge in [-0.05, 0) is 12.1 Å². The van der Waals surface area contributed by atoms with Crippen molar-refractivity contribution >= 4 is 6.41 Å². The summed E-state index contributed by atoms with van der Waals surface area (Å²) < 4.78 is 0. The molecule has 0 radical (unpaired) electrons. The molecule has 0 aliphatic rings. The van der Waals surface area contributed by atoms with Crippen molar-refractivity contribution in [2.75, 3.05) is 7.05 Å². The van der Waals surface area contributed by atoms with Crippen LogP contribution < -0.4 is 0 Å². The first-order valence-electron chi connectivity index (χ1n) is 4.30. The fourth-order valence-electron chi connectivity index (χ4n) is 1.25. The molecule has 0 saturated heterocycles. The van der Waals surface area contributed by atoms with E-state index in [-0.39, 0.29) is 6.54 Å². The minimum atomic E-state index is 0.274. The summed E-state index contributed by atoms with van der Waals surface area (Å²) in [6, 6.07) is 8.93. The second-order valence-electron chi connectivity index (χ2n) is 3.08. The fraction of sp³-hybridized carbons (Fsp3) is 0.182. The Balaban J connectivity index is 3.19. The third-order valence-corrected chi connectivity index (χ3v) is 2.00. The third-order valence-electron chi connectivity index (χ3n) is 2.00. The maximum Gasteiger partial charge on any atom is 0.209 e. The van der Waals surface area contributed by atoms with Crippen molar-refractivity contribution in [2.45, 2.75) is 6.54 Å². The standard InChI is InChI=1S/C11H9N3O/c1-14(8-15)7-11-9(5-12)3-2-4-10(11)6-13/h2-4,8H,7H2,1H3. The van der Waals surface area contributed by atoms with Gasteiger partial charge in [0.2, 0.25) is 6.41 Å². The molecule has 0 saturated carbocycles. The minimum Gasteiger partial charge on any atom is -0.344 e. The van der Waals surface area contributed by atoms with Crippen LogP contribution in [-0.2, 0) is 11.3 Å². The molecule has 15 heavy (non-hydrogen) atoms. The zero-order chi connectivity index (χ0) is 11.3. The van der Waals surface area contributed by atoms with Crippen molar-refractivity contribution in [1.82, 2.24) is 4.90 Å². The zero-order valence-corrected chi connectivity index (χ0v) is 8.27. The highest BCUT2D eigenvalue weighted by Crippen LogP contribution is 2.14. The highest BCUT2D eigenvalue weighted by molar-refractivity contribution is 5.52. The molecule has 74 valence electrons. The van der Waals surface area contributed by atoms with Crippen molar-refractivity contribution in [3.8, 4) is 12.1 Å². The molecular formula is C11H9N3O. The highest BCUT2D eigenvalue weighted by atomic mass is 16.1. The van der Waals surface area contributed by atoms with Crippen LogP contribution in [-0.4, -0.2) is 18.4 Å². The van der Waals surface area contributed by atoms with E-state index in [1.54, 1.807) is 25.2 Å². The zero-order valence-electron chi connectivity index (χ0n) is 8.27. The van der Waals surface area contributed by atoms with Gasteiger partial charge < -0.3 is 4.90 Å². The normalized spacial score (nSPS) is 8.73. The van der Waals surface area contributed by atoms with Crippen LogP contribution in [0, 0.1) is 22.7 Å². The first kappa shape index (κ1) is 10.7. The summed E-state index contributed by atoms with van der Waals surface area (Å²) in [5, 5.41) is 17.7. The van der Waals surface area contributed by atoms with Crippen LogP contribution in [0.4, 0.5) is 0 Å². The Morgan fingerprint density at radius 1 is 1.33 bits per heavy atom. The van der Waals surface area contributed by atoms with E-state index in [2.05, 4.69) is 0 Å². The first-order chi connectivity index (χ1) is 7.22. The Morgan fingerprint density at radius 2 is 1.87 bits per heavy atom. The summed E-state index contributed by atoms with van der Waals surface area (Å²) in [5.74, 6) is 0.